The Labute approximate surface area is 124 Å². The van der Waals surface area contributed by atoms with E-state index in [9.17, 15) is 0 Å². The lowest BCUT2D eigenvalue weighted by Gasteiger charge is -2.41. The monoisotopic (exact) mass is 274 g/mol. The molecule has 0 radical (unpaired) electrons. The lowest BCUT2D eigenvalue weighted by atomic mass is 9.69. The molecule has 0 spiro atoms. The molecule has 0 N–H and O–H groups in total. The molecule has 0 aliphatic heterocycles. The van der Waals surface area contributed by atoms with Gasteiger partial charge in [0.2, 0.25) is 0 Å². The first-order valence-electron chi connectivity index (χ1n) is 8.13. The maximum Gasteiger partial charge on any atom is 0.0543 e. The van der Waals surface area contributed by atoms with Crippen molar-refractivity contribution in [1.82, 2.24) is 9.88 Å². The van der Waals surface area contributed by atoms with Crippen molar-refractivity contribution in [2.24, 2.45) is 11.3 Å². The van der Waals surface area contributed by atoms with Crippen molar-refractivity contribution in [3.05, 3.63) is 30.1 Å². The molecule has 0 unspecified atom stereocenters. The molecule has 0 aromatic carbocycles. The van der Waals surface area contributed by atoms with Crippen molar-refractivity contribution in [1.29, 1.82) is 0 Å². The molecule has 0 atom stereocenters. The molecular formula is C18H30N2. The molecule has 1 aromatic rings. The lowest BCUT2D eigenvalue weighted by molar-refractivity contribution is 0.0944. The number of hydrogen-bond acceptors (Lipinski definition) is 2. The van der Waals surface area contributed by atoms with Crippen molar-refractivity contribution in [3.63, 3.8) is 0 Å². The predicted molar refractivity (Wildman–Crippen MR) is 85.5 cm³/mol. The van der Waals surface area contributed by atoms with Gasteiger partial charge >= 0.3 is 0 Å². The van der Waals surface area contributed by atoms with Crippen LogP contribution >= 0.6 is 0 Å². The van der Waals surface area contributed by atoms with Gasteiger partial charge < -0.3 is 0 Å². The van der Waals surface area contributed by atoms with Crippen LogP contribution in [0.15, 0.2) is 24.4 Å². The smallest absolute Gasteiger partial charge is 0.0543 e. The number of rotatable bonds is 5. The second kappa shape index (κ2) is 6.71. The van der Waals surface area contributed by atoms with E-state index in [1.165, 1.54) is 37.8 Å². The van der Waals surface area contributed by atoms with Gasteiger partial charge in [0.05, 0.1) is 5.69 Å². The zero-order chi connectivity index (χ0) is 14.6. The minimum atomic E-state index is 0.518. The van der Waals surface area contributed by atoms with Gasteiger partial charge in [0, 0.05) is 18.8 Å². The van der Waals surface area contributed by atoms with Crippen LogP contribution in [0.3, 0.4) is 0 Å². The minimum Gasteiger partial charge on any atom is -0.298 e. The molecule has 2 rings (SSSR count). The highest BCUT2D eigenvalue weighted by Crippen LogP contribution is 2.41. The fraction of sp³-hybridized carbons (Fsp3) is 0.722. The number of hydrogen-bond donors (Lipinski definition) is 0. The Morgan fingerprint density at radius 1 is 1.20 bits per heavy atom. The molecule has 0 bridgehead atoms. The molecule has 1 heterocycles. The van der Waals surface area contributed by atoms with E-state index in [0.29, 0.717) is 5.41 Å². The normalized spacial score (nSPS) is 24.1. The van der Waals surface area contributed by atoms with Crippen LogP contribution in [-0.2, 0) is 6.54 Å². The van der Waals surface area contributed by atoms with Crippen molar-refractivity contribution >= 4 is 0 Å². The fourth-order valence-corrected chi connectivity index (χ4v) is 3.46. The quantitative estimate of drug-likeness (QED) is 0.785. The third kappa shape index (κ3) is 3.82. The third-order valence-corrected chi connectivity index (χ3v) is 5.47. The lowest BCUT2D eigenvalue weighted by Crippen LogP contribution is -2.37. The molecule has 2 heteroatoms. The molecule has 20 heavy (non-hydrogen) atoms. The highest BCUT2D eigenvalue weighted by molar-refractivity contribution is 5.03. The first kappa shape index (κ1) is 15.5. The first-order chi connectivity index (χ1) is 9.53. The zero-order valence-corrected chi connectivity index (χ0v) is 13.6. The van der Waals surface area contributed by atoms with Gasteiger partial charge in [-0.1, -0.05) is 33.3 Å². The Bertz CT molecular complexity index is 391. The molecule has 112 valence electrons. The summed E-state index contributed by atoms with van der Waals surface area (Å²) in [5.41, 5.74) is 1.70. The van der Waals surface area contributed by atoms with Gasteiger partial charge in [0.1, 0.15) is 0 Å². The largest absolute Gasteiger partial charge is 0.298 e. The highest BCUT2D eigenvalue weighted by atomic mass is 15.1. The van der Waals surface area contributed by atoms with E-state index in [2.05, 4.69) is 49.8 Å². The molecule has 0 amide bonds. The molecule has 0 saturated heterocycles. The van der Waals surface area contributed by atoms with E-state index in [4.69, 9.17) is 0 Å². The molecule has 1 aliphatic rings. The SMILES string of the molecule is CCC(C)(C)[C@H]1CC[C@@H](N(C)Cc2ccccn2)CC1. The maximum atomic E-state index is 4.44. The average Bonchev–Trinajstić information content (AvgIpc) is 2.48. The van der Waals surface area contributed by atoms with Crippen LogP contribution in [0.5, 0.6) is 0 Å². The Morgan fingerprint density at radius 2 is 1.90 bits per heavy atom. The summed E-state index contributed by atoms with van der Waals surface area (Å²) in [6.07, 6.45) is 8.65. The highest BCUT2D eigenvalue weighted by Gasteiger charge is 2.32. The topological polar surface area (TPSA) is 16.1 Å². The van der Waals surface area contributed by atoms with Gasteiger partial charge in [0.25, 0.3) is 0 Å². The third-order valence-electron chi connectivity index (χ3n) is 5.47. The van der Waals surface area contributed by atoms with E-state index in [1.807, 2.05) is 12.3 Å². The van der Waals surface area contributed by atoms with E-state index >= 15 is 0 Å². The van der Waals surface area contributed by atoms with Crippen molar-refractivity contribution in [3.8, 4) is 0 Å². The van der Waals surface area contributed by atoms with Crippen LogP contribution in [0.4, 0.5) is 0 Å². The van der Waals surface area contributed by atoms with E-state index in [-0.39, 0.29) is 0 Å². The van der Waals surface area contributed by atoms with Crippen LogP contribution < -0.4 is 0 Å². The fourth-order valence-electron chi connectivity index (χ4n) is 3.46. The molecule has 1 aromatic heterocycles. The second-order valence-corrected chi connectivity index (χ2v) is 7.08. The molecular weight excluding hydrogens is 244 g/mol. The second-order valence-electron chi connectivity index (χ2n) is 7.08. The van der Waals surface area contributed by atoms with Crippen LogP contribution in [0.2, 0.25) is 0 Å². The van der Waals surface area contributed by atoms with E-state index in [1.54, 1.807) is 0 Å². The van der Waals surface area contributed by atoms with Crippen molar-refractivity contribution < 1.29 is 0 Å². The summed E-state index contributed by atoms with van der Waals surface area (Å²) in [4.78, 5) is 6.94. The molecule has 1 aliphatic carbocycles. The van der Waals surface area contributed by atoms with Gasteiger partial charge in [-0.25, -0.2) is 0 Å². The summed E-state index contributed by atoms with van der Waals surface area (Å²) >= 11 is 0. The van der Waals surface area contributed by atoms with Gasteiger partial charge in [-0.05, 0) is 56.2 Å². The minimum absolute atomic E-state index is 0.518. The average molecular weight is 274 g/mol. The summed E-state index contributed by atoms with van der Waals surface area (Å²) < 4.78 is 0. The summed E-state index contributed by atoms with van der Waals surface area (Å²) in [7, 11) is 2.25. The predicted octanol–water partition coefficient (Wildman–Crippen LogP) is 4.51. The van der Waals surface area contributed by atoms with E-state index in [0.717, 1.165) is 18.5 Å². The van der Waals surface area contributed by atoms with Crippen molar-refractivity contribution in [2.45, 2.75) is 65.5 Å². The van der Waals surface area contributed by atoms with Gasteiger partial charge in [-0.2, -0.15) is 0 Å². The molecule has 2 nitrogen and oxygen atoms in total. The Kier molecular flexibility index (Phi) is 5.20. The first-order valence-corrected chi connectivity index (χ1v) is 8.13. The summed E-state index contributed by atoms with van der Waals surface area (Å²) in [5, 5.41) is 0. The van der Waals surface area contributed by atoms with Gasteiger partial charge in [-0.3, -0.25) is 9.88 Å². The molecule has 1 saturated carbocycles. The van der Waals surface area contributed by atoms with E-state index < -0.39 is 0 Å². The van der Waals surface area contributed by atoms with Gasteiger partial charge in [0.15, 0.2) is 0 Å². The molecule has 1 fully saturated rings. The number of nitrogens with zero attached hydrogens (tertiary/aromatic N) is 2. The van der Waals surface area contributed by atoms with Crippen LogP contribution in [0.1, 0.15) is 58.6 Å². The number of aromatic nitrogens is 1. The summed E-state index contributed by atoms with van der Waals surface area (Å²) in [5.74, 6) is 0.909. The zero-order valence-electron chi connectivity index (χ0n) is 13.6. The number of pyridine rings is 1. The van der Waals surface area contributed by atoms with Crippen LogP contribution in [0, 0.1) is 11.3 Å². The van der Waals surface area contributed by atoms with Crippen molar-refractivity contribution in [2.75, 3.05) is 7.05 Å². The van der Waals surface area contributed by atoms with Crippen LogP contribution in [0.25, 0.3) is 0 Å². The standard InChI is InChI=1S/C18H30N2/c1-5-18(2,3)15-9-11-17(12-10-15)20(4)14-16-8-6-7-13-19-16/h6-8,13,15,17H,5,9-12,14H2,1-4H3/t15-,17+. The Morgan fingerprint density at radius 3 is 2.45 bits per heavy atom. The van der Waals surface area contributed by atoms with Crippen LogP contribution in [-0.4, -0.2) is 23.0 Å². The maximum absolute atomic E-state index is 4.44. The summed E-state index contributed by atoms with van der Waals surface area (Å²) in [6.45, 7) is 8.19. The Hall–Kier alpha value is -0.890. The Balaban J connectivity index is 1.84. The summed E-state index contributed by atoms with van der Waals surface area (Å²) in [6, 6.07) is 6.93. The van der Waals surface area contributed by atoms with Gasteiger partial charge in [-0.15, -0.1) is 0 Å².